The third-order valence-electron chi connectivity index (χ3n) is 2.69. The van der Waals surface area contributed by atoms with E-state index in [1.807, 2.05) is 6.92 Å². The number of hydrogen-bond donors (Lipinski definition) is 1. The van der Waals surface area contributed by atoms with Crippen LogP contribution in [0.25, 0.3) is 0 Å². The zero-order chi connectivity index (χ0) is 11.4. The molecule has 5 nitrogen and oxygen atoms in total. The summed E-state index contributed by atoms with van der Waals surface area (Å²) in [5.41, 5.74) is 5.61. The van der Waals surface area contributed by atoms with E-state index in [2.05, 4.69) is 14.9 Å². The molecule has 1 aromatic rings. The van der Waals surface area contributed by atoms with Gasteiger partial charge in [-0.3, -0.25) is 4.90 Å². The van der Waals surface area contributed by atoms with Crippen LogP contribution in [-0.4, -0.2) is 41.1 Å². The number of nitrogen functional groups attached to an aromatic ring is 1. The van der Waals surface area contributed by atoms with E-state index in [-0.39, 0.29) is 0 Å². The standard InChI is InChI=1S/C11H18N4O/c1-9-13-10(12)8-11(14-9)16-7-6-15-4-2-3-5-15/h8H,2-7H2,1H3,(H2,12,13,14). The minimum Gasteiger partial charge on any atom is -0.476 e. The Morgan fingerprint density at radius 3 is 2.81 bits per heavy atom. The van der Waals surface area contributed by atoms with Crippen LogP contribution in [0.5, 0.6) is 5.88 Å². The molecule has 0 bridgehead atoms. The van der Waals surface area contributed by atoms with Gasteiger partial charge in [0.25, 0.3) is 0 Å². The van der Waals surface area contributed by atoms with E-state index < -0.39 is 0 Å². The van der Waals surface area contributed by atoms with Gasteiger partial charge in [-0.25, -0.2) is 4.98 Å². The predicted molar refractivity (Wildman–Crippen MR) is 62.4 cm³/mol. The minimum absolute atomic E-state index is 0.462. The Labute approximate surface area is 95.6 Å². The van der Waals surface area contributed by atoms with Crippen molar-refractivity contribution in [1.82, 2.24) is 14.9 Å². The molecule has 5 heteroatoms. The Balaban J connectivity index is 1.80. The highest BCUT2D eigenvalue weighted by atomic mass is 16.5. The van der Waals surface area contributed by atoms with Crippen LogP contribution in [0.3, 0.4) is 0 Å². The van der Waals surface area contributed by atoms with Crippen molar-refractivity contribution in [2.24, 2.45) is 0 Å². The molecule has 1 saturated heterocycles. The van der Waals surface area contributed by atoms with Crippen molar-refractivity contribution in [3.63, 3.8) is 0 Å². The highest BCUT2D eigenvalue weighted by Crippen LogP contribution is 2.11. The predicted octanol–water partition coefficient (Wildman–Crippen LogP) is 0.842. The molecule has 16 heavy (non-hydrogen) atoms. The third-order valence-corrected chi connectivity index (χ3v) is 2.69. The quantitative estimate of drug-likeness (QED) is 0.818. The van der Waals surface area contributed by atoms with Crippen molar-refractivity contribution >= 4 is 5.82 Å². The normalized spacial score (nSPS) is 16.6. The fraction of sp³-hybridized carbons (Fsp3) is 0.636. The van der Waals surface area contributed by atoms with Crippen LogP contribution in [0.15, 0.2) is 6.07 Å². The summed E-state index contributed by atoms with van der Waals surface area (Å²) in [5, 5.41) is 0. The molecule has 1 aliphatic heterocycles. The van der Waals surface area contributed by atoms with E-state index in [0.29, 0.717) is 24.1 Å². The first-order valence-corrected chi connectivity index (χ1v) is 5.70. The van der Waals surface area contributed by atoms with Crippen LogP contribution in [-0.2, 0) is 0 Å². The number of nitrogens with zero attached hydrogens (tertiary/aromatic N) is 3. The lowest BCUT2D eigenvalue weighted by Crippen LogP contribution is -2.25. The third kappa shape index (κ3) is 3.06. The van der Waals surface area contributed by atoms with Gasteiger partial charge in [0.15, 0.2) is 0 Å². The lowest BCUT2D eigenvalue weighted by molar-refractivity contribution is 0.231. The molecule has 0 amide bonds. The van der Waals surface area contributed by atoms with Crippen LogP contribution in [0.1, 0.15) is 18.7 Å². The van der Waals surface area contributed by atoms with Crippen LogP contribution in [0, 0.1) is 6.92 Å². The van der Waals surface area contributed by atoms with Gasteiger partial charge in [0.05, 0.1) is 0 Å². The summed E-state index contributed by atoms with van der Waals surface area (Å²) in [4.78, 5) is 10.6. The van der Waals surface area contributed by atoms with Gasteiger partial charge >= 0.3 is 0 Å². The van der Waals surface area contributed by atoms with Gasteiger partial charge in [-0.1, -0.05) is 0 Å². The summed E-state index contributed by atoms with van der Waals surface area (Å²) >= 11 is 0. The molecule has 2 N–H and O–H groups in total. The molecular weight excluding hydrogens is 204 g/mol. The Morgan fingerprint density at radius 2 is 2.12 bits per heavy atom. The van der Waals surface area contributed by atoms with Crippen molar-refractivity contribution in [2.45, 2.75) is 19.8 Å². The van der Waals surface area contributed by atoms with E-state index in [9.17, 15) is 0 Å². The Hall–Kier alpha value is -1.36. The number of ether oxygens (including phenoxy) is 1. The average molecular weight is 222 g/mol. The van der Waals surface area contributed by atoms with Gasteiger partial charge in [0, 0.05) is 12.6 Å². The highest BCUT2D eigenvalue weighted by molar-refractivity contribution is 5.32. The molecule has 0 radical (unpaired) electrons. The maximum atomic E-state index is 5.61. The molecule has 0 saturated carbocycles. The second-order valence-electron chi connectivity index (χ2n) is 4.08. The number of aromatic nitrogens is 2. The summed E-state index contributed by atoms with van der Waals surface area (Å²) in [5.74, 6) is 1.68. The summed E-state index contributed by atoms with van der Waals surface area (Å²) in [6.45, 7) is 5.81. The maximum absolute atomic E-state index is 5.61. The van der Waals surface area contributed by atoms with Gasteiger partial charge in [0.2, 0.25) is 5.88 Å². The molecule has 1 fully saturated rings. The lowest BCUT2D eigenvalue weighted by atomic mass is 10.4. The number of nitrogens with two attached hydrogens (primary N) is 1. The number of rotatable bonds is 4. The molecule has 0 spiro atoms. The Kier molecular flexibility index (Phi) is 3.56. The van der Waals surface area contributed by atoms with Crippen molar-refractivity contribution in [1.29, 1.82) is 0 Å². The first-order valence-electron chi connectivity index (χ1n) is 5.70. The van der Waals surface area contributed by atoms with Gasteiger partial charge in [-0.05, 0) is 32.9 Å². The molecule has 1 aromatic heterocycles. The molecule has 0 aliphatic carbocycles. The van der Waals surface area contributed by atoms with Crippen molar-refractivity contribution in [2.75, 3.05) is 32.0 Å². The number of aryl methyl sites for hydroxylation is 1. The van der Waals surface area contributed by atoms with Crippen LogP contribution in [0.2, 0.25) is 0 Å². The van der Waals surface area contributed by atoms with Crippen molar-refractivity contribution < 1.29 is 4.74 Å². The van der Waals surface area contributed by atoms with Crippen molar-refractivity contribution in [3.05, 3.63) is 11.9 Å². The van der Waals surface area contributed by atoms with E-state index in [4.69, 9.17) is 10.5 Å². The topological polar surface area (TPSA) is 64.3 Å². The second kappa shape index (κ2) is 5.12. The summed E-state index contributed by atoms with van der Waals surface area (Å²) < 4.78 is 5.56. The summed E-state index contributed by atoms with van der Waals surface area (Å²) in [7, 11) is 0. The van der Waals surface area contributed by atoms with Gasteiger partial charge in [-0.2, -0.15) is 4.98 Å². The monoisotopic (exact) mass is 222 g/mol. The lowest BCUT2D eigenvalue weighted by Gasteiger charge is -2.14. The molecule has 88 valence electrons. The van der Waals surface area contributed by atoms with Crippen LogP contribution < -0.4 is 10.5 Å². The van der Waals surface area contributed by atoms with E-state index >= 15 is 0 Å². The fourth-order valence-corrected chi connectivity index (χ4v) is 1.92. The summed E-state index contributed by atoms with van der Waals surface area (Å²) in [6.07, 6.45) is 2.61. The van der Waals surface area contributed by atoms with Crippen LogP contribution >= 0.6 is 0 Å². The van der Waals surface area contributed by atoms with Gasteiger partial charge < -0.3 is 10.5 Å². The van der Waals surface area contributed by atoms with Crippen molar-refractivity contribution in [3.8, 4) is 5.88 Å². The minimum atomic E-state index is 0.462. The highest BCUT2D eigenvalue weighted by Gasteiger charge is 2.11. The zero-order valence-electron chi connectivity index (χ0n) is 9.65. The fourth-order valence-electron chi connectivity index (χ4n) is 1.92. The molecule has 0 aromatic carbocycles. The molecule has 1 aliphatic rings. The smallest absolute Gasteiger partial charge is 0.218 e. The first-order chi connectivity index (χ1) is 7.74. The summed E-state index contributed by atoms with van der Waals surface area (Å²) in [6, 6.07) is 1.66. The zero-order valence-corrected chi connectivity index (χ0v) is 9.65. The molecule has 2 heterocycles. The molecule has 2 rings (SSSR count). The van der Waals surface area contributed by atoms with E-state index in [1.54, 1.807) is 6.07 Å². The number of anilines is 1. The number of hydrogen-bond acceptors (Lipinski definition) is 5. The molecule has 0 atom stereocenters. The van der Waals surface area contributed by atoms with Crippen LogP contribution in [0.4, 0.5) is 5.82 Å². The Bertz CT molecular complexity index is 330. The average Bonchev–Trinajstić information content (AvgIpc) is 2.69. The van der Waals surface area contributed by atoms with Gasteiger partial charge in [0.1, 0.15) is 18.2 Å². The first kappa shape index (κ1) is 11.1. The second-order valence-corrected chi connectivity index (χ2v) is 4.08. The molecular formula is C11H18N4O. The maximum Gasteiger partial charge on any atom is 0.218 e. The SMILES string of the molecule is Cc1nc(N)cc(OCCN2CCCC2)n1. The largest absolute Gasteiger partial charge is 0.476 e. The van der Waals surface area contributed by atoms with E-state index in [1.165, 1.54) is 25.9 Å². The Morgan fingerprint density at radius 1 is 1.38 bits per heavy atom. The van der Waals surface area contributed by atoms with E-state index in [0.717, 1.165) is 6.54 Å². The molecule has 0 unspecified atom stereocenters. The number of likely N-dealkylation sites (tertiary alicyclic amines) is 1. The van der Waals surface area contributed by atoms with Gasteiger partial charge in [-0.15, -0.1) is 0 Å².